The van der Waals surface area contributed by atoms with E-state index in [0.29, 0.717) is 19.3 Å². The second-order valence-corrected chi connectivity index (χ2v) is 16.4. The predicted molar refractivity (Wildman–Crippen MR) is 237 cm³/mol. The van der Waals surface area contributed by atoms with Crippen molar-refractivity contribution in [3.8, 4) is 0 Å². The molecule has 0 saturated heterocycles. The molecule has 5 N–H and O–H groups in total. The molecular formula is C49H93NO5. The Kier molecular flexibility index (Phi) is 42.5. The molecule has 0 saturated carbocycles. The second kappa shape index (κ2) is 43.6. The van der Waals surface area contributed by atoms with E-state index in [4.69, 9.17) is 0 Å². The van der Waals surface area contributed by atoms with Crippen molar-refractivity contribution in [3.05, 3.63) is 36.5 Å². The number of rotatable bonds is 43. The summed E-state index contributed by atoms with van der Waals surface area (Å²) >= 11 is 0. The van der Waals surface area contributed by atoms with Crippen LogP contribution in [0.1, 0.15) is 239 Å². The Balaban J connectivity index is 3.71. The first-order chi connectivity index (χ1) is 27.0. The van der Waals surface area contributed by atoms with Gasteiger partial charge in [0.2, 0.25) is 5.91 Å². The monoisotopic (exact) mass is 776 g/mol. The maximum absolute atomic E-state index is 12.5. The number of amides is 1. The average molecular weight is 776 g/mol. The lowest BCUT2D eigenvalue weighted by atomic mass is 10.00. The molecular weight excluding hydrogens is 683 g/mol. The van der Waals surface area contributed by atoms with Gasteiger partial charge < -0.3 is 25.7 Å². The topological polar surface area (TPSA) is 110 Å². The van der Waals surface area contributed by atoms with Crippen LogP contribution in [0.5, 0.6) is 0 Å². The van der Waals surface area contributed by atoms with Gasteiger partial charge in [-0.3, -0.25) is 4.79 Å². The second-order valence-electron chi connectivity index (χ2n) is 16.4. The van der Waals surface area contributed by atoms with Crippen LogP contribution in [0.25, 0.3) is 0 Å². The van der Waals surface area contributed by atoms with Gasteiger partial charge in [-0.1, -0.05) is 198 Å². The number of hydrogen-bond donors (Lipinski definition) is 5. The summed E-state index contributed by atoms with van der Waals surface area (Å²) in [5.74, 6) is -0.599. The Bertz CT molecular complexity index is 873. The van der Waals surface area contributed by atoms with Gasteiger partial charge in [0.1, 0.15) is 12.2 Å². The lowest BCUT2D eigenvalue weighted by molar-refractivity contribution is -0.132. The summed E-state index contributed by atoms with van der Waals surface area (Å²) in [5.41, 5.74) is 0. The van der Waals surface area contributed by atoms with Gasteiger partial charge in [0, 0.05) is 0 Å². The first kappa shape index (κ1) is 53.5. The standard InChI is InChI=1S/C49H93NO5/c1-3-5-7-9-11-13-15-17-19-20-21-22-23-24-25-26-27-28-29-31-33-35-37-39-41-43-47(53)49(55)50-45(44-51)48(54)46(52)42-40-38-36-34-32-30-18-16-14-12-10-8-6-4-2/h16,18,24-25,34,36,45-48,51-54H,3-15,17,19-23,26-33,35,37-44H2,1-2H3,(H,50,55)/b18-16+,25-24-,36-34+. The smallest absolute Gasteiger partial charge is 0.249 e. The summed E-state index contributed by atoms with van der Waals surface area (Å²) in [6, 6.07) is -1.01. The van der Waals surface area contributed by atoms with E-state index in [2.05, 4.69) is 55.6 Å². The summed E-state index contributed by atoms with van der Waals surface area (Å²) in [6.07, 6.45) is 51.9. The molecule has 0 aliphatic rings. The number of hydrogen-bond acceptors (Lipinski definition) is 5. The van der Waals surface area contributed by atoms with Crippen LogP contribution in [0.3, 0.4) is 0 Å². The first-order valence-electron chi connectivity index (χ1n) is 23.9. The number of unbranched alkanes of at least 4 members (excludes halogenated alkanes) is 28. The molecule has 55 heavy (non-hydrogen) atoms. The highest BCUT2D eigenvalue weighted by molar-refractivity contribution is 5.80. The number of aliphatic hydroxyl groups is 4. The van der Waals surface area contributed by atoms with E-state index in [1.54, 1.807) is 0 Å². The molecule has 0 aliphatic carbocycles. The van der Waals surface area contributed by atoms with Gasteiger partial charge in [0.25, 0.3) is 0 Å². The Morgan fingerprint density at radius 1 is 0.436 bits per heavy atom. The number of allylic oxidation sites excluding steroid dienone is 6. The highest BCUT2D eigenvalue weighted by Crippen LogP contribution is 2.15. The molecule has 1 amide bonds. The molecule has 0 aliphatic heterocycles. The molecule has 4 unspecified atom stereocenters. The van der Waals surface area contributed by atoms with Gasteiger partial charge in [0.15, 0.2) is 0 Å². The largest absolute Gasteiger partial charge is 0.394 e. The third-order valence-electron chi connectivity index (χ3n) is 11.1. The zero-order valence-electron chi connectivity index (χ0n) is 36.4. The zero-order chi connectivity index (χ0) is 40.3. The van der Waals surface area contributed by atoms with Gasteiger partial charge in [-0.2, -0.15) is 0 Å². The molecule has 0 spiro atoms. The molecule has 6 heteroatoms. The highest BCUT2D eigenvalue weighted by Gasteiger charge is 2.28. The molecule has 0 aromatic rings. The summed E-state index contributed by atoms with van der Waals surface area (Å²) in [6.45, 7) is 4.03. The Labute approximate surface area is 341 Å². The maximum atomic E-state index is 12.5. The first-order valence-corrected chi connectivity index (χ1v) is 23.9. The molecule has 0 aromatic heterocycles. The van der Waals surface area contributed by atoms with Crippen molar-refractivity contribution in [2.45, 2.75) is 263 Å². The molecule has 0 aromatic carbocycles. The fourth-order valence-electron chi connectivity index (χ4n) is 7.24. The fraction of sp³-hybridized carbons (Fsp3) is 0.857. The van der Waals surface area contributed by atoms with E-state index in [0.717, 1.165) is 38.5 Å². The van der Waals surface area contributed by atoms with E-state index >= 15 is 0 Å². The lowest BCUT2D eigenvalue weighted by Gasteiger charge is -2.27. The van der Waals surface area contributed by atoms with Crippen LogP contribution >= 0.6 is 0 Å². The summed E-state index contributed by atoms with van der Waals surface area (Å²) in [5, 5.41) is 43.7. The molecule has 4 atom stereocenters. The van der Waals surface area contributed by atoms with Crippen LogP contribution in [-0.4, -0.2) is 57.3 Å². The van der Waals surface area contributed by atoms with Crippen molar-refractivity contribution < 1.29 is 25.2 Å². The predicted octanol–water partition coefficient (Wildman–Crippen LogP) is 12.9. The number of carbonyl (C=O) groups excluding carboxylic acids is 1. The van der Waals surface area contributed by atoms with E-state index < -0.39 is 36.9 Å². The van der Waals surface area contributed by atoms with E-state index in [1.807, 2.05) is 0 Å². The minimum atomic E-state index is -1.29. The number of aliphatic hydroxyl groups excluding tert-OH is 4. The average Bonchev–Trinajstić information content (AvgIpc) is 3.19. The van der Waals surface area contributed by atoms with E-state index in [9.17, 15) is 25.2 Å². The van der Waals surface area contributed by atoms with Gasteiger partial charge in [0.05, 0.1) is 18.8 Å². The van der Waals surface area contributed by atoms with Crippen molar-refractivity contribution in [2.24, 2.45) is 0 Å². The molecule has 6 nitrogen and oxygen atoms in total. The van der Waals surface area contributed by atoms with Crippen LogP contribution < -0.4 is 5.32 Å². The molecule has 0 fully saturated rings. The zero-order valence-corrected chi connectivity index (χ0v) is 36.4. The SMILES string of the molecule is CCCCCCC/C=C/CC/C=C/CCCC(O)C(O)C(CO)NC(=O)C(O)CCCCCCCCCCC/C=C\CCCCCCCCCCCCCC. The quantitative estimate of drug-likeness (QED) is 0.0313. The molecule has 0 heterocycles. The summed E-state index contributed by atoms with van der Waals surface area (Å²) in [4.78, 5) is 12.5. The third-order valence-corrected chi connectivity index (χ3v) is 11.1. The summed E-state index contributed by atoms with van der Waals surface area (Å²) in [7, 11) is 0. The normalized spacial score (nSPS) is 14.4. The highest BCUT2D eigenvalue weighted by atomic mass is 16.3. The Morgan fingerprint density at radius 2 is 0.764 bits per heavy atom. The Hall–Kier alpha value is -1.47. The van der Waals surface area contributed by atoms with Gasteiger partial charge >= 0.3 is 0 Å². The van der Waals surface area contributed by atoms with E-state index in [-0.39, 0.29) is 0 Å². The van der Waals surface area contributed by atoms with Crippen molar-refractivity contribution in [2.75, 3.05) is 6.61 Å². The van der Waals surface area contributed by atoms with Gasteiger partial charge in [-0.05, 0) is 77.0 Å². The molecule has 0 radical (unpaired) electrons. The van der Waals surface area contributed by atoms with Crippen molar-refractivity contribution in [1.82, 2.24) is 5.32 Å². The molecule has 324 valence electrons. The number of nitrogens with one attached hydrogen (secondary N) is 1. The maximum Gasteiger partial charge on any atom is 0.249 e. The Morgan fingerprint density at radius 3 is 1.15 bits per heavy atom. The minimum absolute atomic E-state index is 0.358. The van der Waals surface area contributed by atoms with Crippen molar-refractivity contribution in [3.63, 3.8) is 0 Å². The molecule has 0 rings (SSSR count). The summed E-state index contributed by atoms with van der Waals surface area (Å²) < 4.78 is 0. The van der Waals surface area contributed by atoms with Crippen LogP contribution in [-0.2, 0) is 4.79 Å². The van der Waals surface area contributed by atoms with Gasteiger partial charge in [-0.15, -0.1) is 0 Å². The fourth-order valence-corrected chi connectivity index (χ4v) is 7.24. The third kappa shape index (κ3) is 37.8. The van der Waals surface area contributed by atoms with Crippen LogP contribution in [0.15, 0.2) is 36.5 Å². The lowest BCUT2D eigenvalue weighted by Crippen LogP contribution is -2.53. The van der Waals surface area contributed by atoms with E-state index in [1.165, 1.54) is 167 Å². The van der Waals surface area contributed by atoms with Crippen molar-refractivity contribution >= 4 is 5.91 Å². The van der Waals surface area contributed by atoms with Crippen LogP contribution in [0.2, 0.25) is 0 Å². The minimum Gasteiger partial charge on any atom is -0.394 e. The van der Waals surface area contributed by atoms with Crippen molar-refractivity contribution in [1.29, 1.82) is 0 Å². The van der Waals surface area contributed by atoms with Crippen LogP contribution in [0.4, 0.5) is 0 Å². The molecule has 0 bridgehead atoms. The van der Waals surface area contributed by atoms with Gasteiger partial charge in [-0.25, -0.2) is 0 Å². The van der Waals surface area contributed by atoms with Crippen LogP contribution in [0, 0.1) is 0 Å². The number of carbonyl (C=O) groups is 1.